The van der Waals surface area contributed by atoms with Crippen molar-refractivity contribution in [3.63, 3.8) is 0 Å². The molecular formula is C8H14N4OS. The van der Waals surface area contributed by atoms with Gasteiger partial charge in [0.25, 0.3) is 0 Å². The molecular weight excluding hydrogens is 200 g/mol. The average molecular weight is 214 g/mol. The molecule has 1 rings (SSSR count). The molecule has 0 aliphatic carbocycles. The van der Waals surface area contributed by atoms with E-state index in [1.54, 1.807) is 0 Å². The molecule has 0 fully saturated rings. The van der Waals surface area contributed by atoms with Crippen molar-refractivity contribution in [3.8, 4) is 0 Å². The summed E-state index contributed by atoms with van der Waals surface area (Å²) in [5.74, 6) is 0. The van der Waals surface area contributed by atoms with Gasteiger partial charge in [0.05, 0.1) is 5.69 Å². The molecule has 1 aromatic heterocycles. The number of carbonyl (C=O) groups is 1. The molecule has 6 heteroatoms. The molecule has 0 saturated carbocycles. The Morgan fingerprint density at radius 2 is 2.43 bits per heavy atom. The summed E-state index contributed by atoms with van der Waals surface area (Å²) in [7, 11) is 0. The molecule has 0 aromatic carbocycles. The standard InChI is InChI=1S/C8H14N4OS/c1-5(2)10-7(13)12-8-11-6(3-9)4-14-8/h4-5H,3,9H2,1-2H3,(H2,10,11,12,13). The fourth-order valence-corrected chi connectivity index (χ4v) is 1.57. The van der Waals surface area contributed by atoms with E-state index in [1.165, 1.54) is 11.3 Å². The number of amides is 2. The van der Waals surface area contributed by atoms with Gasteiger partial charge in [0, 0.05) is 18.0 Å². The first-order valence-electron chi connectivity index (χ1n) is 4.34. The van der Waals surface area contributed by atoms with Gasteiger partial charge in [0.1, 0.15) is 0 Å². The van der Waals surface area contributed by atoms with E-state index < -0.39 is 0 Å². The second-order valence-electron chi connectivity index (χ2n) is 3.10. The third-order valence-electron chi connectivity index (χ3n) is 1.40. The fourth-order valence-electron chi connectivity index (χ4n) is 0.854. The van der Waals surface area contributed by atoms with Crippen LogP contribution in [-0.2, 0) is 6.54 Å². The summed E-state index contributed by atoms with van der Waals surface area (Å²) >= 11 is 1.37. The highest BCUT2D eigenvalue weighted by atomic mass is 32.1. The topological polar surface area (TPSA) is 80.0 Å². The SMILES string of the molecule is CC(C)NC(=O)Nc1nc(CN)cs1. The van der Waals surface area contributed by atoms with Crippen LogP contribution < -0.4 is 16.4 Å². The second kappa shape index (κ2) is 4.92. The van der Waals surface area contributed by atoms with Crippen LogP contribution in [0.5, 0.6) is 0 Å². The lowest BCUT2D eigenvalue weighted by atomic mass is 10.4. The van der Waals surface area contributed by atoms with E-state index >= 15 is 0 Å². The number of rotatable bonds is 3. The zero-order chi connectivity index (χ0) is 10.6. The van der Waals surface area contributed by atoms with Crippen LogP contribution in [0.15, 0.2) is 5.38 Å². The van der Waals surface area contributed by atoms with E-state index in [2.05, 4.69) is 15.6 Å². The highest BCUT2D eigenvalue weighted by Gasteiger charge is 2.06. The molecule has 0 atom stereocenters. The molecule has 0 aliphatic heterocycles. The number of hydrogen-bond donors (Lipinski definition) is 3. The van der Waals surface area contributed by atoms with Gasteiger partial charge in [-0.25, -0.2) is 9.78 Å². The Morgan fingerprint density at radius 3 is 2.93 bits per heavy atom. The monoisotopic (exact) mass is 214 g/mol. The van der Waals surface area contributed by atoms with Gasteiger partial charge < -0.3 is 11.1 Å². The van der Waals surface area contributed by atoms with Crippen molar-refractivity contribution in [1.29, 1.82) is 0 Å². The number of aromatic nitrogens is 1. The number of carbonyl (C=O) groups excluding carboxylic acids is 1. The number of nitrogens with two attached hydrogens (primary N) is 1. The minimum Gasteiger partial charge on any atom is -0.336 e. The summed E-state index contributed by atoms with van der Waals surface area (Å²) < 4.78 is 0. The molecule has 1 heterocycles. The van der Waals surface area contributed by atoms with Gasteiger partial charge in [-0.3, -0.25) is 5.32 Å². The van der Waals surface area contributed by atoms with E-state index in [4.69, 9.17) is 5.73 Å². The summed E-state index contributed by atoms with van der Waals surface area (Å²) in [5, 5.41) is 7.73. The van der Waals surface area contributed by atoms with Gasteiger partial charge >= 0.3 is 6.03 Å². The quantitative estimate of drug-likeness (QED) is 0.705. The zero-order valence-corrected chi connectivity index (χ0v) is 9.02. The third-order valence-corrected chi connectivity index (χ3v) is 2.21. The lowest BCUT2D eigenvalue weighted by Crippen LogP contribution is -2.34. The molecule has 14 heavy (non-hydrogen) atoms. The van der Waals surface area contributed by atoms with Crippen molar-refractivity contribution in [2.75, 3.05) is 5.32 Å². The largest absolute Gasteiger partial charge is 0.336 e. The van der Waals surface area contributed by atoms with Crippen LogP contribution in [0, 0.1) is 0 Å². The summed E-state index contributed by atoms with van der Waals surface area (Å²) in [6.45, 7) is 4.18. The van der Waals surface area contributed by atoms with Crippen LogP contribution in [0.1, 0.15) is 19.5 Å². The fraction of sp³-hybridized carbons (Fsp3) is 0.500. The van der Waals surface area contributed by atoms with Crippen molar-refractivity contribution in [2.45, 2.75) is 26.4 Å². The van der Waals surface area contributed by atoms with E-state index in [9.17, 15) is 4.79 Å². The predicted molar refractivity (Wildman–Crippen MR) is 57.3 cm³/mol. The molecule has 0 saturated heterocycles. The summed E-state index contributed by atoms with van der Waals surface area (Å²) in [5.41, 5.74) is 6.18. The Hall–Kier alpha value is -1.14. The Morgan fingerprint density at radius 1 is 1.71 bits per heavy atom. The molecule has 0 unspecified atom stereocenters. The van der Waals surface area contributed by atoms with Gasteiger partial charge in [-0.15, -0.1) is 11.3 Å². The number of thiazole rings is 1. The van der Waals surface area contributed by atoms with Gasteiger partial charge in [-0.2, -0.15) is 0 Å². The third kappa shape index (κ3) is 3.31. The van der Waals surface area contributed by atoms with Gasteiger partial charge in [-0.05, 0) is 13.8 Å². The van der Waals surface area contributed by atoms with Gasteiger partial charge in [0.2, 0.25) is 0 Å². The second-order valence-corrected chi connectivity index (χ2v) is 3.96. The van der Waals surface area contributed by atoms with Gasteiger partial charge in [0.15, 0.2) is 5.13 Å². The Bertz CT molecular complexity index is 310. The molecule has 4 N–H and O–H groups in total. The van der Waals surface area contributed by atoms with Crippen LogP contribution in [0.4, 0.5) is 9.93 Å². The summed E-state index contributed by atoms with van der Waals surface area (Å²) in [4.78, 5) is 15.3. The van der Waals surface area contributed by atoms with E-state index in [1.807, 2.05) is 19.2 Å². The van der Waals surface area contributed by atoms with Crippen LogP contribution in [0.25, 0.3) is 0 Å². The Balaban J connectivity index is 2.47. The Labute approximate surface area is 86.7 Å². The Kier molecular flexibility index (Phi) is 3.84. The van der Waals surface area contributed by atoms with Gasteiger partial charge in [-0.1, -0.05) is 0 Å². The summed E-state index contributed by atoms with van der Waals surface area (Å²) in [6, 6.07) is -0.123. The maximum absolute atomic E-state index is 11.2. The van der Waals surface area contributed by atoms with Crippen LogP contribution in [0.3, 0.4) is 0 Å². The number of anilines is 1. The molecule has 0 radical (unpaired) electrons. The van der Waals surface area contributed by atoms with Crippen LogP contribution in [0.2, 0.25) is 0 Å². The number of nitrogens with one attached hydrogen (secondary N) is 2. The van der Waals surface area contributed by atoms with Crippen LogP contribution >= 0.6 is 11.3 Å². The lowest BCUT2D eigenvalue weighted by molar-refractivity contribution is 0.250. The minimum atomic E-state index is -0.238. The van der Waals surface area contributed by atoms with Crippen molar-refractivity contribution < 1.29 is 4.79 Å². The molecule has 0 spiro atoms. The first kappa shape index (κ1) is 10.9. The first-order valence-corrected chi connectivity index (χ1v) is 5.21. The maximum Gasteiger partial charge on any atom is 0.321 e. The normalized spacial score (nSPS) is 10.3. The van der Waals surface area contributed by atoms with Crippen molar-refractivity contribution in [2.24, 2.45) is 5.73 Å². The molecule has 1 aromatic rings. The van der Waals surface area contributed by atoms with Crippen molar-refractivity contribution >= 4 is 22.5 Å². The first-order chi connectivity index (χ1) is 6.61. The molecule has 78 valence electrons. The predicted octanol–water partition coefficient (Wildman–Crippen LogP) is 1.13. The molecule has 2 amide bonds. The van der Waals surface area contributed by atoms with Crippen LogP contribution in [-0.4, -0.2) is 17.1 Å². The highest BCUT2D eigenvalue weighted by Crippen LogP contribution is 2.14. The average Bonchev–Trinajstić information content (AvgIpc) is 2.50. The lowest BCUT2D eigenvalue weighted by Gasteiger charge is -2.07. The van der Waals surface area contributed by atoms with E-state index in [-0.39, 0.29) is 12.1 Å². The smallest absolute Gasteiger partial charge is 0.321 e. The van der Waals surface area contributed by atoms with E-state index in [0.717, 1.165) is 5.69 Å². The molecule has 5 nitrogen and oxygen atoms in total. The number of urea groups is 1. The zero-order valence-electron chi connectivity index (χ0n) is 8.20. The number of hydrogen-bond acceptors (Lipinski definition) is 4. The summed E-state index contributed by atoms with van der Waals surface area (Å²) in [6.07, 6.45) is 0. The highest BCUT2D eigenvalue weighted by molar-refractivity contribution is 7.13. The molecule has 0 bridgehead atoms. The minimum absolute atomic E-state index is 0.115. The van der Waals surface area contributed by atoms with Crippen molar-refractivity contribution in [3.05, 3.63) is 11.1 Å². The van der Waals surface area contributed by atoms with E-state index in [0.29, 0.717) is 11.7 Å². The maximum atomic E-state index is 11.2. The van der Waals surface area contributed by atoms with Crippen molar-refractivity contribution in [1.82, 2.24) is 10.3 Å². The molecule has 0 aliphatic rings. The number of nitrogens with zero attached hydrogens (tertiary/aromatic N) is 1.